The molecular formula is C23H27Cl2N3O2S2. The Kier molecular flexibility index (Phi) is 9.64. The van der Waals surface area contributed by atoms with Gasteiger partial charge in [-0.2, -0.15) is 0 Å². The summed E-state index contributed by atoms with van der Waals surface area (Å²) in [5.41, 5.74) is 1.95. The molecule has 1 aromatic heterocycles. The highest BCUT2D eigenvalue weighted by molar-refractivity contribution is 8.00. The van der Waals surface area contributed by atoms with Crippen molar-refractivity contribution in [2.45, 2.75) is 18.2 Å². The molecule has 1 aliphatic heterocycles. The molecule has 0 bridgehead atoms. The maximum Gasteiger partial charge on any atom is 0.239 e. The fourth-order valence-corrected chi connectivity index (χ4v) is 5.86. The first kappa shape index (κ1) is 25.3. The van der Waals surface area contributed by atoms with E-state index in [9.17, 15) is 4.79 Å². The number of hydrogen-bond acceptors (Lipinski definition) is 6. The van der Waals surface area contributed by atoms with Crippen molar-refractivity contribution in [3.63, 3.8) is 0 Å². The predicted octanol–water partition coefficient (Wildman–Crippen LogP) is 5.53. The van der Waals surface area contributed by atoms with E-state index < -0.39 is 0 Å². The number of thioether (sulfide) groups is 1. The fourth-order valence-electron chi connectivity index (χ4n) is 3.60. The molecule has 0 spiro atoms. The van der Waals surface area contributed by atoms with Gasteiger partial charge in [0.25, 0.3) is 0 Å². The van der Waals surface area contributed by atoms with Crippen LogP contribution in [0.15, 0.2) is 47.4 Å². The van der Waals surface area contributed by atoms with Gasteiger partial charge in [0.2, 0.25) is 5.91 Å². The highest BCUT2D eigenvalue weighted by Gasteiger charge is 2.21. The molecule has 1 saturated heterocycles. The molecule has 0 atom stereocenters. The van der Waals surface area contributed by atoms with E-state index >= 15 is 0 Å². The zero-order valence-corrected chi connectivity index (χ0v) is 21.2. The molecule has 0 saturated carbocycles. The maximum atomic E-state index is 13.2. The molecule has 1 aliphatic rings. The molecule has 0 unspecified atom stereocenters. The van der Waals surface area contributed by atoms with Gasteiger partial charge in [-0.05, 0) is 43.2 Å². The van der Waals surface area contributed by atoms with Crippen LogP contribution in [0, 0.1) is 6.92 Å². The number of nitrogens with zero attached hydrogens (tertiary/aromatic N) is 3. The number of carbonyl (C=O) groups is 1. The van der Waals surface area contributed by atoms with Crippen molar-refractivity contribution < 1.29 is 9.53 Å². The average Bonchev–Trinajstić information content (AvgIpc) is 3.20. The Morgan fingerprint density at radius 3 is 2.75 bits per heavy atom. The third-order valence-corrected chi connectivity index (χ3v) is 7.48. The summed E-state index contributed by atoms with van der Waals surface area (Å²) in [4.78, 5) is 23.4. The Morgan fingerprint density at radius 2 is 2.00 bits per heavy atom. The summed E-state index contributed by atoms with van der Waals surface area (Å²) in [5, 5.41) is 1.45. The standard InChI is InChI=1S/C23H26ClN3O2S2.ClH/c1-17-14-18(24)15-20-22(17)25-23(31-20)27(9-5-8-26-10-12-29-13-11-26)21(28)16-30-19-6-3-2-4-7-19;/h2-4,6-7,14-15H,5,8-13,16H2,1H3;1H. The van der Waals surface area contributed by atoms with Crippen LogP contribution in [0.25, 0.3) is 10.2 Å². The second kappa shape index (κ2) is 12.2. The minimum absolute atomic E-state index is 0. The molecule has 3 aromatic rings. The number of thiazole rings is 1. The van der Waals surface area contributed by atoms with E-state index in [2.05, 4.69) is 4.90 Å². The first-order valence-electron chi connectivity index (χ1n) is 10.4. The minimum Gasteiger partial charge on any atom is -0.379 e. The van der Waals surface area contributed by atoms with Crippen LogP contribution in [0.3, 0.4) is 0 Å². The Balaban J connectivity index is 0.00000289. The van der Waals surface area contributed by atoms with Crippen LogP contribution in [0.4, 0.5) is 5.13 Å². The molecule has 1 fully saturated rings. The fraction of sp³-hybridized carbons (Fsp3) is 0.391. The molecular weight excluding hydrogens is 485 g/mol. The summed E-state index contributed by atoms with van der Waals surface area (Å²) in [6.07, 6.45) is 0.900. The lowest BCUT2D eigenvalue weighted by Crippen LogP contribution is -2.39. The van der Waals surface area contributed by atoms with Crippen molar-refractivity contribution in [3.8, 4) is 0 Å². The lowest BCUT2D eigenvalue weighted by atomic mass is 10.2. The third-order valence-electron chi connectivity index (χ3n) is 5.24. The zero-order chi connectivity index (χ0) is 21.6. The normalized spacial score (nSPS) is 14.3. The van der Waals surface area contributed by atoms with Gasteiger partial charge in [-0.3, -0.25) is 14.6 Å². The molecule has 9 heteroatoms. The second-order valence-electron chi connectivity index (χ2n) is 7.52. The molecule has 4 rings (SSSR count). The van der Waals surface area contributed by atoms with E-state index in [0.29, 0.717) is 17.3 Å². The number of aromatic nitrogens is 1. The van der Waals surface area contributed by atoms with Crippen LogP contribution in [-0.2, 0) is 9.53 Å². The second-order valence-corrected chi connectivity index (χ2v) is 10.0. The lowest BCUT2D eigenvalue weighted by molar-refractivity contribution is -0.116. The Hall–Kier alpha value is -1.35. The van der Waals surface area contributed by atoms with Gasteiger partial charge >= 0.3 is 0 Å². The first-order chi connectivity index (χ1) is 15.1. The molecule has 0 N–H and O–H groups in total. The number of ether oxygens (including phenoxy) is 1. The van der Waals surface area contributed by atoms with Gasteiger partial charge in [-0.25, -0.2) is 4.98 Å². The molecule has 32 heavy (non-hydrogen) atoms. The van der Waals surface area contributed by atoms with Crippen LogP contribution in [0.2, 0.25) is 5.02 Å². The summed E-state index contributed by atoms with van der Waals surface area (Å²) < 4.78 is 6.45. The van der Waals surface area contributed by atoms with Gasteiger partial charge in [0.1, 0.15) is 0 Å². The Morgan fingerprint density at radius 1 is 1.25 bits per heavy atom. The van der Waals surface area contributed by atoms with Crippen LogP contribution in [-0.4, -0.2) is 60.9 Å². The average molecular weight is 513 g/mol. The van der Waals surface area contributed by atoms with Crippen LogP contribution in [0.1, 0.15) is 12.0 Å². The van der Waals surface area contributed by atoms with Crippen molar-refractivity contribution >= 4 is 68.4 Å². The van der Waals surface area contributed by atoms with Crippen LogP contribution in [0.5, 0.6) is 0 Å². The number of anilines is 1. The lowest BCUT2D eigenvalue weighted by Gasteiger charge is -2.27. The monoisotopic (exact) mass is 511 g/mol. The number of benzene rings is 2. The van der Waals surface area contributed by atoms with Gasteiger partial charge < -0.3 is 4.74 Å². The highest BCUT2D eigenvalue weighted by atomic mass is 35.5. The first-order valence-corrected chi connectivity index (χ1v) is 12.6. The highest BCUT2D eigenvalue weighted by Crippen LogP contribution is 2.33. The van der Waals surface area contributed by atoms with Gasteiger partial charge in [0.05, 0.1) is 29.2 Å². The van der Waals surface area contributed by atoms with Gasteiger partial charge in [-0.1, -0.05) is 41.1 Å². The zero-order valence-electron chi connectivity index (χ0n) is 18.0. The SMILES string of the molecule is Cc1cc(Cl)cc2sc(N(CCCN3CCOCC3)C(=O)CSc3ccccc3)nc12.Cl. The minimum atomic E-state index is 0. The summed E-state index contributed by atoms with van der Waals surface area (Å²) >= 11 is 9.34. The van der Waals surface area contributed by atoms with E-state index in [1.807, 2.05) is 54.3 Å². The van der Waals surface area contributed by atoms with Gasteiger partial charge in [0, 0.05) is 36.1 Å². The predicted molar refractivity (Wildman–Crippen MR) is 138 cm³/mol. The molecule has 0 aliphatic carbocycles. The van der Waals surface area contributed by atoms with E-state index in [4.69, 9.17) is 21.3 Å². The number of amides is 1. The van der Waals surface area contributed by atoms with E-state index in [1.165, 1.54) is 11.3 Å². The number of halogens is 2. The van der Waals surface area contributed by atoms with Gasteiger partial charge in [-0.15, -0.1) is 24.2 Å². The topological polar surface area (TPSA) is 45.7 Å². The molecule has 2 aromatic carbocycles. The Bertz CT molecular complexity index is 1030. The number of hydrogen-bond donors (Lipinski definition) is 0. The van der Waals surface area contributed by atoms with Crippen molar-refractivity contribution in [2.75, 3.05) is 50.0 Å². The largest absolute Gasteiger partial charge is 0.379 e. The third kappa shape index (κ3) is 6.59. The van der Waals surface area contributed by atoms with Gasteiger partial charge in [0.15, 0.2) is 5.13 Å². The van der Waals surface area contributed by atoms with Crippen LogP contribution >= 0.6 is 47.1 Å². The number of carbonyl (C=O) groups excluding carboxylic acids is 1. The summed E-state index contributed by atoms with van der Waals surface area (Å²) in [5.74, 6) is 0.468. The molecule has 0 radical (unpaired) electrons. The number of fused-ring (bicyclic) bond motifs is 1. The molecule has 172 valence electrons. The quantitative estimate of drug-likeness (QED) is 0.372. The van der Waals surface area contributed by atoms with Crippen molar-refractivity contribution in [3.05, 3.63) is 53.1 Å². The number of aryl methyl sites for hydroxylation is 1. The van der Waals surface area contributed by atoms with Crippen molar-refractivity contribution in [2.24, 2.45) is 0 Å². The maximum absolute atomic E-state index is 13.2. The van der Waals surface area contributed by atoms with Crippen molar-refractivity contribution in [1.29, 1.82) is 0 Å². The summed E-state index contributed by atoms with van der Waals surface area (Å²) in [6, 6.07) is 13.9. The van der Waals surface area contributed by atoms with Crippen LogP contribution < -0.4 is 4.90 Å². The van der Waals surface area contributed by atoms with Crippen molar-refractivity contribution in [1.82, 2.24) is 9.88 Å². The van der Waals surface area contributed by atoms with E-state index in [0.717, 1.165) is 65.1 Å². The smallest absolute Gasteiger partial charge is 0.239 e. The summed E-state index contributed by atoms with van der Waals surface area (Å²) in [6.45, 7) is 7.09. The Labute approximate surface area is 208 Å². The van der Waals surface area contributed by atoms with E-state index in [1.54, 1.807) is 11.8 Å². The molecule has 5 nitrogen and oxygen atoms in total. The van der Waals surface area contributed by atoms with E-state index in [-0.39, 0.29) is 18.3 Å². The molecule has 1 amide bonds. The number of rotatable bonds is 8. The summed E-state index contributed by atoms with van der Waals surface area (Å²) in [7, 11) is 0. The molecule has 2 heterocycles. The number of morpholine rings is 1.